The van der Waals surface area contributed by atoms with Crippen molar-refractivity contribution in [1.82, 2.24) is 4.98 Å². The lowest BCUT2D eigenvalue weighted by Crippen LogP contribution is -1.83. The molecule has 0 saturated carbocycles. The molecule has 0 saturated heterocycles. The van der Waals surface area contributed by atoms with Crippen LogP contribution in [0.25, 0.3) is 0 Å². The largest absolute Gasteiger partial charge is 0.236 e. The second-order valence-electron chi connectivity index (χ2n) is 2.96. The topological polar surface area (TPSA) is 36.7 Å². The molecule has 0 amide bonds. The summed E-state index contributed by atoms with van der Waals surface area (Å²) in [5.41, 5.74) is 3.07. The highest BCUT2D eigenvalue weighted by Crippen LogP contribution is 2.07. The van der Waals surface area contributed by atoms with Crippen LogP contribution in [0.2, 0.25) is 0 Å². The minimum Gasteiger partial charge on any atom is -0.236 e. The van der Waals surface area contributed by atoms with E-state index in [1.165, 1.54) is 23.5 Å². The number of nitriles is 1. The first kappa shape index (κ1) is 10.4. The Morgan fingerprint density at radius 2 is 2.00 bits per heavy atom. The molecule has 0 N–H and O–H groups in total. The standard InChI is InChI=1S/C12H5FN2S/c13-11-4-9(3-10(5-11)6-14)1-2-12-7-16-8-15-12/h3-5,7-8H. The maximum Gasteiger partial charge on any atom is 0.125 e. The molecular weight excluding hydrogens is 223 g/mol. The van der Waals surface area contributed by atoms with Gasteiger partial charge in [0.05, 0.1) is 17.1 Å². The summed E-state index contributed by atoms with van der Waals surface area (Å²) >= 11 is 1.45. The maximum absolute atomic E-state index is 13.0. The lowest BCUT2D eigenvalue weighted by Gasteiger charge is -1.92. The minimum absolute atomic E-state index is 0.266. The van der Waals surface area contributed by atoms with Crippen molar-refractivity contribution >= 4 is 11.3 Å². The molecule has 0 bridgehead atoms. The Hall–Kier alpha value is -2.17. The third-order valence-corrected chi connectivity index (χ3v) is 2.38. The molecular formula is C12H5FN2S. The average molecular weight is 228 g/mol. The van der Waals surface area contributed by atoms with Gasteiger partial charge in [-0.25, -0.2) is 9.37 Å². The summed E-state index contributed by atoms with van der Waals surface area (Å²) in [6.07, 6.45) is 0. The van der Waals surface area contributed by atoms with Crippen LogP contribution in [0.5, 0.6) is 0 Å². The molecule has 0 aliphatic carbocycles. The molecule has 2 aromatic rings. The Balaban J connectivity index is 2.35. The number of halogens is 1. The molecule has 0 fully saturated rings. The van der Waals surface area contributed by atoms with E-state index in [0.29, 0.717) is 11.3 Å². The summed E-state index contributed by atoms with van der Waals surface area (Å²) in [6, 6.07) is 5.89. The molecule has 0 aliphatic heterocycles. The molecule has 1 aromatic heterocycles. The zero-order valence-corrected chi connectivity index (χ0v) is 8.88. The fourth-order valence-electron chi connectivity index (χ4n) is 1.14. The van der Waals surface area contributed by atoms with E-state index in [9.17, 15) is 4.39 Å². The summed E-state index contributed by atoms with van der Waals surface area (Å²) in [5.74, 6) is 5.10. The van der Waals surface area contributed by atoms with Crippen molar-refractivity contribution in [3.8, 4) is 17.9 Å². The lowest BCUT2D eigenvalue weighted by molar-refractivity contribution is 0.627. The van der Waals surface area contributed by atoms with E-state index in [-0.39, 0.29) is 5.56 Å². The van der Waals surface area contributed by atoms with E-state index in [4.69, 9.17) is 5.26 Å². The van der Waals surface area contributed by atoms with E-state index < -0.39 is 5.82 Å². The monoisotopic (exact) mass is 228 g/mol. The third-order valence-electron chi connectivity index (χ3n) is 1.79. The van der Waals surface area contributed by atoms with E-state index in [1.807, 2.05) is 6.07 Å². The zero-order chi connectivity index (χ0) is 11.4. The Bertz CT molecular complexity index is 600. The van der Waals surface area contributed by atoms with Gasteiger partial charge in [0.25, 0.3) is 0 Å². The van der Waals surface area contributed by atoms with Crippen LogP contribution in [0.1, 0.15) is 16.8 Å². The van der Waals surface area contributed by atoms with Gasteiger partial charge in [-0.3, -0.25) is 0 Å². The van der Waals surface area contributed by atoms with Crippen LogP contribution in [-0.2, 0) is 0 Å². The average Bonchev–Trinajstić information content (AvgIpc) is 2.78. The second kappa shape index (κ2) is 4.57. The number of thiazole rings is 1. The Kier molecular flexibility index (Phi) is 2.95. The van der Waals surface area contributed by atoms with Crippen LogP contribution in [0.4, 0.5) is 4.39 Å². The van der Waals surface area contributed by atoms with Crippen LogP contribution < -0.4 is 0 Å². The molecule has 0 spiro atoms. The molecule has 0 radical (unpaired) electrons. The molecule has 2 rings (SSSR count). The Morgan fingerprint density at radius 1 is 1.19 bits per heavy atom. The van der Waals surface area contributed by atoms with Crippen molar-refractivity contribution in [3.05, 3.63) is 51.7 Å². The van der Waals surface area contributed by atoms with E-state index >= 15 is 0 Å². The summed E-state index contributed by atoms with van der Waals surface area (Å²) in [7, 11) is 0. The first-order valence-electron chi connectivity index (χ1n) is 4.39. The number of hydrogen-bond donors (Lipinski definition) is 0. The molecule has 1 heterocycles. The van der Waals surface area contributed by atoms with Crippen molar-refractivity contribution in [2.75, 3.05) is 0 Å². The maximum atomic E-state index is 13.0. The fraction of sp³-hybridized carbons (Fsp3) is 0. The highest BCUT2D eigenvalue weighted by Gasteiger charge is 1.97. The predicted octanol–water partition coefficient (Wildman–Crippen LogP) is 2.55. The van der Waals surface area contributed by atoms with Crippen molar-refractivity contribution in [2.24, 2.45) is 0 Å². The highest BCUT2D eigenvalue weighted by atomic mass is 32.1. The van der Waals surface area contributed by atoms with Gasteiger partial charge in [-0.2, -0.15) is 5.26 Å². The summed E-state index contributed by atoms with van der Waals surface area (Å²) < 4.78 is 13.0. The molecule has 4 heteroatoms. The van der Waals surface area contributed by atoms with E-state index in [0.717, 1.165) is 0 Å². The predicted molar refractivity (Wildman–Crippen MR) is 59.2 cm³/mol. The van der Waals surface area contributed by atoms with Gasteiger partial charge in [0.15, 0.2) is 0 Å². The van der Waals surface area contributed by atoms with Crippen molar-refractivity contribution in [1.29, 1.82) is 5.26 Å². The van der Waals surface area contributed by atoms with Crippen molar-refractivity contribution in [3.63, 3.8) is 0 Å². The number of benzene rings is 1. The van der Waals surface area contributed by atoms with Gasteiger partial charge in [-0.1, -0.05) is 5.92 Å². The van der Waals surface area contributed by atoms with Crippen molar-refractivity contribution < 1.29 is 4.39 Å². The summed E-state index contributed by atoms with van der Waals surface area (Å²) in [6.45, 7) is 0. The fourth-order valence-corrected chi connectivity index (χ4v) is 1.62. The second-order valence-corrected chi connectivity index (χ2v) is 3.68. The third kappa shape index (κ3) is 2.44. The van der Waals surface area contributed by atoms with Crippen LogP contribution in [0.15, 0.2) is 29.1 Å². The lowest BCUT2D eigenvalue weighted by atomic mass is 10.1. The number of nitrogens with zero attached hydrogens (tertiary/aromatic N) is 2. The molecule has 0 atom stereocenters. The Labute approximate surface area is 96.0 Å². The summed E-state index contributed by atoms with van der Waals surface area (Å²) in [4.78, 5) is 3.98. The van der Waals surface area contributed by atoms with E-state index in [2.05, 4.69) is 16.8 Å². The van der Waals surface area contributed by atoms with Gasteiger partial charge in [0, 0.05) is 10.9 Å². The van der Waals surface area contributed by atoms with Crippen LogP contribution in [0.3, 0.4) is 0 Å². The molecule has 2 nitrogen and oxygen atoms in total. The Morgan fingerprint density at radius 3 is 2.69 bits per heavy atom. The summed E-state index contributed by atoms with van der Waals surface area (Å²) in [5, 5.41) is 10.5. The number of aromatic nitrogens is 1. The van der Waals surface area contributed by atoms with Crippen LogP contribution in [-0.4, -0.2) is 4.98 Å². The quantitative estimate of drug-likeness (QED) is 0.650. The SMILES string of the molecule is N#Cc1cc(F)cc(C#Cc2cscn2)c1. The number of rotatable bonds is 0. The zero-order valence-electron chi connectivity index (χ0n) is 8.07. The molecule has 0 unspecified atom stereocenters. The number of hydrogen-bond acceptors (Lipinski definition) is 3. The smallest absolute Gasteiger partial charge is 0.125 e. The van der Waals surface area contributed by atoms with Crippen LogP contribution in [0, 0.1) is 29.0 Å². The van der Waals surface area contributed by atoms with Gasteiger partial charge in [-0.05, 0) is 24.1 Å². The molecule has 76 valence electrons. The molecule has 16 heavy (non-hydrogen) atoms. The minimum atomic E-state index is -0.457. The van der Waals surface area contributed by atoms with Gasteiger partial charge < -0.3 is 0 Å². The van der Waals surface area contributed by atoms with E-state index in [1.54, 1.807) is 17.0 Å². The first-order valence-corrected chi connectivity index (χ1v) is 5.33. The van der Waals surface area contributed by atoms with Gasteiger partial charge in [0.2, 0.25) is 0 Å². The van der Waals surface area contributed by atoms with Gasteiger partial charge in [0.1, 0.15) is 11.5 Å². The normalized spacial score (nSPS) is 9.00. The van der Waals surface area contributed by atoms with Crippen LogP contribution >= 0.6 is 11.3 Å². The molecule has 1 aromatic carbocycles. The highest BCUT2D eigenvalue weighted by molar-refractivity contribution is 7.07. The van der Waals surface area contributed by atoms with Gasteiger partial charge in [-0.15, -0.1) is 11.3 Å². The van der Waals surface area contributed by atoms with Crippen molar-refractivity contribution in [2.45, 2.75) is 0 Å². The first-order chi connectivity index (χ1) is 7.78. The van der Waals surface area contributed by atoms with Gasteiger partial charge >= 0.3 is 0 Å². The molecule has 0 aliphatic rings.